The lowest BCUT2D eigenvalue weighted by Gasteiger charge is -2.12. The van der Waals surface area contributed by atoms with E-state index in [1.54, 1.807) is 25.6 Å². The van der Waals surface area contributed by atoms with E-state index in [0.717, 1.165) is 4.90 Å². The van der Waals surface area contributed by atoms with Crippen LogP contribution in [0.15, 0.2) is 33.6 Å². The Morgan fingerprint density at radius 2 is 2.25 bits per heavy atom. The fourth-order valence-corrected chi connectivity index (χ4v) is 3.27. The number of rotatable bonds is 3. The SMILES string of the molecule is Cc1nnc(C(C)OC(=O)C2Cc3ccccc3S2)o1. The van der Waals surface area contributed by atoms with Crippen molar-refractivity contribution < 1.29 is 13.9 Å². The number of carbonyl (C=O) groups excluding carboxylic acids is 1. The van der Waals surface area contributed by atoms with Gasteiger partial charge >= 0.3 is 5.97 Å². The molecule has 104 valence electrons. The highest BCUT2D eigenvalue weighted by Crippen LogP contribution is 2.37. The lowest BCUT2D eigenvalue weighted by Crippen LogP contribution is -2.21. The summed E-state index contributed by atoms with van der Waals surface area (Å²) in [5.74, 6) is 0.552. The van der Waals surface area contributed by atoms with Crippen molar-refractivity contribution in [2.24, 2.45) is 0 Å². The van der Waals surface area contributed by atoms with Crippen LogP contribution >= 0.6 is 11.8 Å². The van der Waals surface area contributed by atoms with Crippen molar-refractivity contribution in [1.82, 2.24) is 10.2 Å². The predicted molar refractivity (Wildman–Crippen MR) is 73.3 cm³/mol. The fourth-order valence-electron chi connectivity index (χ4n) is 2.09. The highest BCUT2D eigenvalue weighted by molar-refractivity contribution is 8.01. The van der Waals surface area contributed by atoms with Crippen LogP contribution in [0.2, 0.25) is 0 Å². The van der Waals surface area contributed by atoms with Crippen molar-refractivity contribution in [3.63, 3.8) is 0 Å². The molecule has 0 radical (unpaired) electrons. The van der Waals surface area contributed by atoms with E-state index >= 15 is 0 Å². The maximum Gasteiger partial charge on any atom is 0.320 e. The number of ether oxygens (including phenoxy) is 1. The van der Waals surface area contributed by atoms with Gasteiger partial charge in [0, 0.05) is 11.8 Å². The van der Waals surface area contributed by atoms with Gasteiger partial charge in [0.1, 0.15) is 5.25 Å². The molecule has 0 bridgehead atoms. The molecule has 6 heteroatoms. The van der Waals surface area contributed by atoms with Crippen molar-refractivity contribution >= 4 is 17.7 Å². The van der Waals surface area contributed by atoms with E-state index in [2.05, 4.69) is 10.2 Å². The fraction of sp³-hybridized carbons (Fsp3) is 0.357. The summed E-state index contributed by atoms with van der Waals surface area (Å²) in [7, 11) is 0. The molecule has 2 heterocycles. The van der Waals surface area contributed by atoms with Crippen molar-refractivity contribution in [3.05, 3.63) is 41.6 Å². The quantitative estimate of drug-likeness (QED) is 0.810. The summed E-state index contributed by atoms with van der Waals surface area (Å²) in [5.41, 5.74) is 1.20. The second-order valence-electron chi connectivity index (χ2n) is 4.66. The molecule has 0 N–H and O–H groups in total. The topological polar surface area (TPSA) is 65.2 Å². The maximum absolute atomic E-state index is 12.2. The lowest BCUT2D eigenvalue weighted by atomic mass is 10.1. The molecule has 2 aromatic rings. The Labute approximate surface area is 120 Å². The number of aryl methyl sites for hydroxylation is 1. The lowest BCUT2D eigenvalue weighted by molar-refractivity contribution is -0.148. The Morgan fingerprint density at radius 1 is 1.45 bits per heavy atom. The molecular weight excluding hydrogens is 276 g/mol. The van der Waals surface area contributed by atoms with E-state index in [4.69, 9.17) is 9.15 Å². The van der Waals surface area contributed by atoms with Crippen LogP contribution in [-0.4, -0.2) is 21.4 Å². The number of hydrogen-bond donors (Lipinski definition) is 0. The minimum Gasteiger partial charge on any atom is -0.452 e. The Kier molecular flexibility index (Phi) is 3.48. The van der Waals surface area contributed by atoms with Gasteiger partial charge in [0.15, 0.2) is 6.10 Å². The minimum absolute atomic E-state index is 0.195. The molecule has 2 unspecified atom stereocenters. The standard InChI is InChI=1S/C14H14N2O3S/c1-8(13-16-15-9(2)19-13)18-14(17)12-7-10-5-3-4-6-11(10)20-12/h3-6,8,12H,7H2,1-2H3. The molecule has 1 aliphatic rings. The third-order valence-corrected chi connectivity index (χ3v) is 4.39. The zero-order valence-electron chi connectivity index (χ0n) is 11.2. The van der Waals surface area contributed by atoms with Gasteiger partial charge in [-0.25, -0.2) is 0 Å². The van der Waals surface area contributed by atoms with Crippen LogP contribution in [0, 0.1) is 6.92 Å². The second kappa shape index (κ2) is 5.28. The number of hydrogen-bond acceptors (Lipinski definition) is 6. The van der Waals surface area contributed by atoms with E-state index in [1.807, 2.05) is 24.3 Å². The summed E-state index contributed by atoms with van der Waals surface area (Å²) in [6.45, 7) is 3.44. The molecule has 5 nitrogen and oxygen atoms in total. The first-order chi connectivity index (χ1) is 9.63. The van der Waals surface area contributed by atoms with Crippen molar-refractivity contribution in [2.75, 3.05) is 0 Å². The largest absolute Gasteiger partial charge is 0.452 e. The van der Waals surface area contributed by atoms with Gasteiger partial charge in [-0.15, -0.1) is 22.0 Å². The number of esters is 1. The zero-order valence-corrected chi connectivity index (χ0v) is 12.0. The molecule has 2 atom stereocenters. The van der Waals surface area contributed by atoms with Gasteiger partial charge in [0.2, 0.25) is 5.89 Å². The van der Waals surface area contributed by atoms with Crippen LogP contribution in [0.3, 0.4) is 0 Å². The van der Waals surface area contributed by atoms with Crippen LogP contribution < -0.4 is 0 Å². The molecule has 1 aromatic carbocycles. The average Bonchev–Trinajstić information content (AvgIpc) is 3.04. The molecule has 0 fully saturated rings. The molecule has 3 rings (SSSR count). The summed E-state index contributed by atoms with van der Waals surface area (Å²) in [6, 6.07) is 8.03. The smallest absolute Gasteiger partial charge is 0.320 e. The number of benzene rings is 1. The summed E-state index contributed by atoms with van der Waals surface area (Å²) >= 11 is 1.55. The van der Waals surface area contributed by atoms with Gasteiger partial charge in [-0.2, -0.15) is 0 Å². The summed E-state index contributed by atoms with van der Waals surface area (Å²) in [4.78, 5) is 13.3. The zero-order chi connectivity index (χ0) is 14.1. The first kappa shape index (κ1) is 13.2. The monoisotopic (exact) mass is 290 g/mol. The van der Waals surface area contributed by atoms with Crippen LogP contribution in [0.5, 0.6) is 0 Å². The van der Waals surface area contributed by atoms with Crippen LogP contribution in [0.1, 0.15) is 30.4 Å². The molecule has 0 saturated heterocycles. The third kappa shape index (κ3) is 2.56. The summed E-state index contributed by atoms with van der Waals surface area (Å²) < 4.78 is 10.7. The number of carbonyl (C=O) groups is 1. The number of aromatic nitrogens is 2. The van der Waals surface area contributed by atoms with E-state index in [9.17, 15) is 4.79 Å². The third-order valence-electron chi connectivity index (χ3n) is 3.09. The van der Waals surface area contributed by atoms with Crippen molar-refractivity contribution in [1.29, 1.82) is 0 Å². The highest BCUT2D eigenvalue weighted by Gasteiger charge is 2.31. The maximum atomic E-state index is 12.2. The van der Waals surface area contributed by atoms with Crippen molar-refractivity contribution in [2.45, 2.75) is 36.5 Å². The van der Waals surface area contributed by atoms with Gasteiger partial charge in [-0.05, 0) is 25.0 Å². The van der Waals surface area contributed by atoms with Crippen LogP contribution in [-0.2, 0) is 16.0 Å². The summed E-state index contributed by atoms with van der Waals surface area (Å²) in [6.07, 6.45) is 0.183. The van der Waals surface area contributed by atoms with E-state index in [1.165, 1.54) is 5.56 Å². The highest BCUT2D eigenvalue weighted by atomic mass is 32.2. The molecule has 0 amide bonds. The van der Waals surface area contributed by atoms with E-state index in [-0.39, 0.29) is 11.2 Å². The Hall–Kier alpha value is -1.82. The Morgan fingerprint density at radius 3 is 2.95 bits per heavy atom. The molecule has 1 aromatic heterocycles. The molecule has 1 aliphatic heterocycles. The Balaban J connectivity index is 1.64. The van der Waals surface area contributed by atoms with Crippen LogP contribution in [0.25, 0.3) is 0 Å². The van der Waals surface area contributed by atoms with Gasteiger partial charge in [-0.1, -0.05) is 18.2 Å². The molecule has 0 aliphatic carbocycles. The predicted octanol–water partition coefficient (Wildman–Crippen LogP) is 2.70. The minimum atomic E-state index is -0.520. The molecule has 0 saturated carbocycles. The van der Waals surface area contributed by atoms with Gasteiger partial charge in [0.25, 0.3) is 5.89 Å². The average molecular weight is 290 g/mol. The molecular formula is C14H14N2O3S. The molecule has 20 heavy (non-hydrogen) atoms. The van der Waals surface area contributed by atoms with Gasteiger partial charge < -0.3 is 9.15 Å². The van der Waals surface area contributed by atoms with E-state index < -0.39 is 6.10 Å². The normalized spacial score (nSPS) is 18.6. The summed E-state index contributed by atoms with van der Waals surface area (Å²) in [5, 5.41) is 7.40. The van der Waals surface area contributed by atoms with Crippen LogP contribution in [0.4, 0.5) is 0 Å². The second-order valence-corrected chi connectivity index (χ2v) is 5.90. The first-order valence-corrected chi connectivity index (χ1v) is 7.26. The first-order valence-electron chi connectivity index (χ1n) is 6.38. The van der Waals surface area contributed by atoms with Gasteiger partial charge in [0.05, 0.1) is 0 Å². The molecule has 0 spiro atoms. The van der Waals surface area contributed by atoms with Gasteiger partial charge in [-0.3, -0.25) is 4.79 Å². The Bertz CT molecular complexity index is 616. The number of thioether (sulfide) groups is 1. The number of fused-ring (bicyclic) bond motifs is 1. The number of nitrogens with zero attached hydrogens (tertiary/aromatic N) is 2. The van der Waals surface area contributed by atoms with E-state index in [0.29, 0.717) is 18.2 Å². The van der Waals surface area contributed by atoms with Crippen molar-refractivity contribution in [3.8, 4) is 0 Å².